The average Bonchev–Trinajstić information content (AvgIpc) is 2.86. The normalized spacial score (nSPS) is 12.2. The summed E-state index contributed by atoms with van der Waals surface area (Å²) in [5, 5.41) is 15.5. The van der Waals surface area contributed by atoms with Crippen molar-refractivity contribution in [2.45, 2.75) is 45.8 Å². The smallest absolute Gasteiger partial charge is 0.309 e. The van der Waals surface area contributed by atoms with Crippen LogP contribution in [0.5, 0.6) is 5.75 Å². The van der Waals surface area contributed by atoms with Crippen LogP contribution in [0.3, 0.4) is 0 Å². The van der Waals surface area contributed by atoms with Crippen LogP contribution in [-0.4, -0.2) is 53.3 Å². The van der Waals surface area contributed by atoms with E-state index in [0.717, 1.165) is 23.6 Å². The van der Waals surface area contributed by atoms with Crippen LogP contribution in [0.15, 0.2) is 24.3 Å². The van der Waals surface area contributed by atoms with E-state index >= 15 is 0 Å². The number of amides is 3. The Morgan fingerprint density at radius 2 is 1.51 bits per heavy atom. The third-order valence-electron chi connectivity index (χ3n) is 5.49. The summed E-state index contributed by atoms with van der Waals surface area (Å²) in [7, 11) is 0. The lowest BCUT2D eigenvalue weighted by molar-refractivity contribution is -0.142. The van der Waals surface area contributed by atoms with Crippen LogP contribution in [0.4, 0.5) is 17.6 Å². The number of ketones is 1. The van der Waals surface area contributed by atoms with E-state index in [0.29, 0.717) is 0 Å². The van der Waals surface area contributed by atoms with Crippen molar-refractivity contribution >= 4 is 29.5 Å². The van der Waals surface area contributed by atoms with Gasteiger partial charge in [0.1, 0.15) is 18.7 Å². The maximum atomic E-state index is 13.7. The maximum Gasteiger partial charge on any atom is 0.309 e. The summed E-state index contributed by atoms with van der Waals surface area (Å²) >= 11 is 0. The van der Waals surface area contributed by atoms with Crippen molar-refractivity contribution in [2.75, 3.05) is 6.61 Å². The standard InChI is InChI=1S/C25H25F4N3O7/c1-11-4-5-14(6-12(11)2)9-30-24(37)25(38)31-13(3)23(36)32-17(8-19(34)35)18(33)10-39-22-20(28)15(26)7-16(27)21(22)29/h4-7,13,17H,8-10H2,1-3H3,(H,30,37)(H,31,38)(H,32,36)(H,34,35)/t13-,17-/m0/s1. The number of aliphatic carboxylic acids is 1. The number of hydrogen-bond acceptors (Lipinski definition) is 6. The van der Waals surface area contributed by atoms with Gasteiger partial charge in [0.25, 0.3) is 0 Å². The Hall–Kier alpha value is -4.49. The van der Waals surface area contributed by atoms with Gasteiger partial charge in [0, 0.05) is 12.6 Å². The maximum absolute atomic E-state index is 13.7. The van der Waals surface area contributed by atoms with Crippen molar-refractivity contribution in [2.24, 2.45) is 0 Å². The van der Waals surface area contributed by atoms with Gasteiger partial charge < -0.3 is 25.8 Å². The first-order valence-corrected chi connectivity index (χ1v) is 11.4. The van der Waals surface area contributed by atoms with E-state index in [-0.39, 0.29) is 12.6 Å². The first-order chi connectivity index (χ1) is 18.2. The third kappa shape index (κ3) is 8.51. The Morgan fingerprint density at radius 1 is 0.897 bits per heavy atom. The Balaban J connectivity index is 1.97. The van der Waals surface area contributed by atoms with E-state index in [1.165, 1.54) is 0 Å². The van der Waals surface area contributed by atoms with E-state index in [1.54, 1.807) is 6.07 Å². The van der Waals surface area contributed by atoms with Gasteiger partial charge in [-0.15, -0.1) is 0 Å². The molecule has 0 aliphatic rings. The molecule has 2 atom stereocenters. The minimum atomic E-state index is -1.92. The van der Waals surface area contributed by atoms with Crippen molar-refractivity contribution in [3.05, 3.63) is 64.2 Å². The van der Waals surface area contributed by atoms with Crippen LogP contribution < -0.4 is 20.7 Å². The largest absolute Gasteiger partial charge is 0.481 e. The predicted molar refractivity (Wildman–Crippen MR) is 126 cm³/mol. The number of ether oxygens (including phenoxy) is 1. The molecule has 0 unspecified atom stereocenters. The lowest BCUT2D eigenvalue weighted by Crippen LogP contribution is -2.53. The van der Waals surface area contributed by atoms with Crippen molar-refractivity contribution < 1.29 is 51.4 Å². The number of carboxylic acids is 1. The van der Waals surface area contributed by atoms with Gasteiger partial charge in [-0.1, -0.05) is 18.2 Å². The van der Waals surface area contributed by atoms with Gasteiger partial charge in [-0.05, 0) is 37.5 Å². The fourth-order valence-electron chi connectivity index (χ4n) is 3.14. The van der Waals surface area contributed by atoms with E-state index in [2.05, 4.69) is 15.4 Å². The molecule has 0 fully saturated rings. The minimum absolute atomic E-state index is 0.0273. The molecule has 0 aliphatic carbocycles. The number of nitrogens with one attached hydrogen (secondary N) is 3. The molecule has 0 aromatic heterocycles. The number of carbonyl (C=O) groups is 5. The van der Waals surface area contributed by atoms with Gasteiger partial charge in [0.15, 0.2) is 23.2 Å². The zero-order valence-electron chi connectivity index (χ0n) is 21.0. The predicted octanol–water partition coefficient (Wildman–Crippen LogP) is 1.59. The Morgan fingerprint density at radius 3 is 2.08 bits per heavy atom. The van der Waals surface area contributed by atoms with Crippen LogP contribution >= 0.6 is 0 Å². The van der Waals surface area contributed by atoms with Gasteiger partial charge in [-0.25, -0.2) is 8.78 Å². The molecule has 0 aliphatic heterocycles. The summed E-state index contributed by atoms with van der Waals surface area (Å²) in [5.74, 6) is -15.1. The molecule has 10 nitrogen and oxygen atoms in total. The Kier molecular flexibility index (Phi) is 10.5. The topological polar surface area (TPSA) is 151 Å². The molecule has 14 heteroatoms. The molecule has 2 aromatic rings. The van der Waals surface area contributed by atoms with Crippen LogP contribution in [0.25, 0.3) is 0 Å². The van der Waals surface area contributed by atoms with Crippen LogP contribution in [0.1, 0.15) is 30.0 Å². The second kappa shape index (κ2) is 13.3. The molecule has 0 saturated heterocycles. The molecule has 0 radical (unpaired) electrons. The van der Waals surface area contributed by atoms with Crippen molar-refractivity contribution in [3.8, 4) is 5.75 Å². The molecule has 0 saturated carbocycles. The van der Waals surface area contributed by atoms with E-state index < -0.39 is 83.6 Å². The molecule has 2 rings (SSSR count). The highest BCUT2D eigenvalue weighted by atomic mass is 19.2. The van der Waals surface area contributed by atoms with E-state index in [9.17, 15) is 41.5 Å². The first-order valence-electron chi connectivity index (χ1n) is 11.4. The van der Waals surface area contributed by atoms with E-state index in [1.807, 2.05) is 31.3 Å². The summed E-state index contributed by atoms with van der Waals surface area (Å²) in [6.07, 6.45) is -1.01. The highest BCUT2D eigenvalue weighted by Crippen LogP contribution is 2.26. The molecular weight excluding hydrogens is 530 g/mol. The van der Waals surface area contributed by atoms with Gasteiger partial charge in [0.05, 0.1) is 6.42 Å². The molecule has 210 valence electrons. The number of Topliss-reactive ketones (excluding diaryl/α,β-unsaturated/α-hetero) is 1. The summed E-state index contributed by atoms with van der Waals surface area (Å²) in [6.45, 7) is 3.68. The number of hydrogen-bond donors (Lipinski definition) is 4. The molecular formula is C25H25F4N3O7. The van der Waals surface area contributed by atoms with Crippen molar-refractivity contribution in [1.29, 1.82) is 0 Å². The molecule has 2 aromatic carbocycles. The highest BCUT2D eigenvalue weighted by molar-refractivity contribution is 6.35. The molecule has 3 amide bonds. The quantitative estimate of drug-likeness (QED) is 0.187. The van der Waals surface area contributed by atoms with Crippen LogP contribution in [-0.2, 0) is 30.5 Å². The van der Waals surface area contributed by atoms with Crippen LogP contribution in [0.2, 0.25) is 0 Å². The minimum Gasteiger partial charge on any atom is -0.481 e. The molecule has 0 bridgehead atoms. The van der Waals surface area contributed by atoms with Crippen molar-refractivity contribution in [1.82, 2.24) is 16.0 Å². The highest BCUT2D eigenvalue weighted by Gasteiger charge is 2.29. The van der Waals surface area contributed by atoms with Crippen LogP contribution in [0, 0.1) is 37.1 Å². The first kappa shape index (κ1) is 30.7. The average molecular weight is 555 g/mol. The third-order valence-corrected chi connectivity index (χ3v) is 5.49. The fourth-order valence-corrected chi connectivity index (χ4v) is 3.14. The molecule has 0 heterocycles. The van der Waals surface area contributed by atoms with Gasteiger partial charge in [-0.3, -0.25) is 24.0 Å². The zero-order chi connectivity index (χ0) is 29.4. The SMILES string of the molecule is Cc1ccc(CNC(=O)C(=O)N[C@@H](C)C(=O)N[C@@H](CC(=O)O)C(=O)COc2c(F)c(F)cc(F)c2F)cc1C. The fraction of sp³-hybridized carbons (Fsp3) is 0.320. The Labute approximate surface area is 219 Å². The number of aryl methyl sites for hydroxylation is 2. The summed E-state index contributed by atoms with van der Waals surface area (Å²) in [4.78, 5) is 60.3. The van der Waals surface area contributed by atoms with Gasteiger partial charge in [0.2, 0.25) is 17.5 Å². The molecule has 4 N–H and O–H groups in total. The molecule has 39 heavy (non-hydrogen) atoms. The Bertz CT molecular complexity index is 1280. The second-order valence-corrected chi connectivity index (χ2v) is 8.51. The number of carboxylic acid groups (broad SMARTS) is 1. The number of carbonyl (C=O) groups excluding carboxylic acids is 4. The lowest BCUT2D eigenvalue weighted by atomic mass is 10.1. The van der Waals surface area contributed by atoms with Crippen molar-refractivity contribution in [3.63, 3.8) is 0 Å². The number of halogens is 4. The second-order valence-electron chi connectivity index (χ2n) is 8.51. The number of rotatable bonds is 11. The summed E-state index contributed by atoms with van der Waals surface area (Å²) in [6, 6.07) is 2.09. The lowest BCUT2D eigenvalue weighted by Gasteiger charge is -2.20. The summed E-state index contributed by atoms with van der Waals surface area (Å²) < 4.78 is 58.6. The van der Waals surface area contributed by atoms with E-state index in [4.69, 9.17) is 5.11 Å². The van der Waals surface area contributed by atoms with Gasteiger partial charge in [-0.2, -0.15) is 8.78 Å². The zero-order valence-corrected chi connectivity index (χ0v) is 21.0. The number of benzene rings is 2. The molecule has 0 spiro atoms. The summed E-state index contributed by atoms with van der Waals surface area (Å²) in [5.41, 5.74) is 2.74. The van der Waals surface area contributed by atoms with Gasteiger partial charge >= 0.3 is 17.8 Å². The monoisotopic (exact) mass is 555 g/mol.